The highest BCUT2D eigenvalue weighted by atomic mass is 16.6. The van der Waals surface area contributed by atoms with E-state index >= 15 is 0 Å². The molecule has 0 aliphatic rings. The topological polar surface area (TPSA) is 95.5 Å². The van der Waals surface area contributed by atoms with Crippen LogP contribution in [0.4, 0.5) is 5.69 Å². The third kappa shape index (κ3) is 5.05. The molecule has 2 N–H and O–H groups in total. The summed E-state index contributed by atoms with van der Waals surface area (Å²) in [5.41, 5.74) is 6.37. The van der Waals surface area contributed by atoms with Gasteiger partial charge in [0.2, 0.25) is 0 Å². The molecular weight excluding hydrogens is 248 g/mol. The van der Waals surface area contributed by atoms with Crippen molar-refractivity contribution < 1.29 is 14.5 Å². The largest absolute Gasteiger partial charge is 0.460 e. The van der Waals surface area contributed by atoms with Crippen molar-refractivity contribution in [1.29, 1.82) is 0 Å². The predicted octanol–water partition coefficient (Wildman–Crippen LogP) is 2.16. The molecule has 0 amide bonds. The van der Waals surface area contributed by atoms with Crippen LogP contribution in [0.15, 0.2) is 24.3 Å². The number of nitrogens with zero attached hydrogens (tertiary/aromatic N) is 1. The van der Waals surface area contributed by atoms with Gasteiger partial charge in [-0.05, 0) is 24.1 Å². The number of hydrogen-bond donors (Lipinski definition) is 1. The average Bonchev–Trinajstić information content (AvgIpc) is 2.42. The van der Waals surface area contributed by atoms with Crippen LogP contribution in [0.3, 0.4) is 0 Å². The molecule has 0 aromatic heterocycles. The van der Waals surface area contributed by atoms with Gasteiger partial charge in [-0.25, -0.2) is 0 Å². The molecule has 0 saturated heterocycles. The number of unbranched alkanes of at least 4 members (excludes halogenated alkanes) is 1. The summed E-state index contributed by atoms with van der Waals surface area (Å²) in [4.78, 5) is 21.5. The fourth-order valence-corrected chi connectivity index (χ4v) is 1.52. The van der Waals surface area contributed by atoms with Crippen molar-refractivity contribution in [3.8, 4) is 0 Å². The molecule has 0 unspecified atom stereocenters. The number of hydrogen-bond acceptors (Lipinski definition) is 5. The number of ether oxygens (including phenoxy) is 1. The molecule has 1 rings (SSSR count). The highest BCUT2D eigenvalue weighted by Gasteiger charge is 2.14. The van der Waals surface area contributed by atoms with Crippen LogP contribution in [0.1, 0.15) is 31.7 Å². The normalized spacial score (nSPS) is 11.9. The summed E-state index contributed by atoms with van der Waals surface area (Å²) in [7, 11) is 0. The van der Waals surface area contributed by atoms with Gasteiger partial charge in [-0.1, -0.05) is 19.8 Å². The van der Waals surface area contributed by atoms with E-state index in [4.69, 9.17) is 10.5 Å². The van der Waals surface area contributed by atoms with Gasteiger partial charge in [0.1, 0.15) is 12.6 Å². The molecule has 0 radical (unpaired) electrons. The second-order valence-electron chi connectivity index (χ2n) is 4.28. The summed E-state index contributed by atoms with van der Waals surface area (Å²) in [5, 5.41) is 10.5. The first-order valence-electron chi connectivity index (χ1n) is 6.20. The van der Waals surface area contributed by atoms with E-state index < -0.39 is 16.9 Å². The number of carbonyl (C=O) groups excluding carboxylic acids is 1. The van der Waals surface area contributed by atoms with E-state index in [1.807, 2.05) is 6.92 Å². The number of esters is 1. The quantitative estimate of drug-likeness (QED) is 0.463. The molecule has 0 heterocycles. The van der Waals surface area contributed by atoms with Gasteiger partial charge in [-0.3, -0.25) is 14.9 Å². The van der Waals surface area contributed by atoms with E-state index in [0.29, 0.717) is 12.0 Å². The van der Waals surface area contributed by atoms with Crippen molar-refractivity contribution in [1.82, 2.24) is 0 Å². The first-order valence-corrected chi connectivity index (χ1v) is 6.20. The summed E-state index contributed by atoms with van der Waals surface area (Å²) in [5.74, 6) is -0.438. The Morgan fingerprint density at radius 2 is 2.05 bits per heavy atom. The zero-order valence-electron chi connectivity index (χ0n) is 10.9. The molecule has 0 spiro atoms. The van der Waals surface area contributed by atoms with E-state index in [0.717, 1.165) is 12.8 Å². The minimum Gasteiger partial charge on any atom is -0.460 e. The second-order valence-corrected chi connectivity index (χ2v) is 4.28. The lowest BCUT2D eigenvalue weighted by molar-refractivity contribution is -0.384. The number of benzene rings is 1. The van der Waals surface area contributed by atoms with Gasteiger partial charge in [0.05, 0.1) is 4.92 Å². The maximum atomic E-state index is 11.5. The summed E-state index contributed by atoms with van der Waals surface area (Å²) >= 11 is 0. The zero-order chi connectivity index (χ0) is 14.3. The van der Waals surface area contributed by atoms with Crippen LogP contribution in [0.2, 0.25) is 0 Å². The lowest BCUT2D eigenvalue weighted by Gasteiger charge is -2.10. The van der Waals surface area contributed by atoms with Crippen molar-refractivity contribution >= 4 is 11.7 Å². The fraction of sp³-hybridized carbons (Fsp3) is 0.462. The Bertz CT molecular complexity index is 431. The van der Waals surface area contributed by atoms with E-state index in [1.165, 1.54) is 12.1 Å². The molecule has 6 nitrogen and oxygen atoms in total. The van der Waals surface area contributed by atoms with Gasteiger partial charge < -0.3 is 10.5 Å². The van der Waals surface area contributed by atoms with Crippen LogP contribution >= 0.6 is 0 Å². The third-order valence-corrected chi connectivity index (χ3v) is 2.70. The number of nitro groups is 1. The maximum Gasteiger partial charge on any atom is 0.323 e. The summed E-state index contributed by atoms with van der Waals surface area (Å²) in [6.45, 7) is 2.10. The summed E-state index contributed by atoms with van der Waals surface area (Å²) in [6, 6.07) is 5.27. The second kappa shape index (κ2) is 7.48. The van der Waals surface area contributed by atoms with Crippen LogP contribution in [0.25, 0.3) is 0 Å². The Labute approximate surface area is 111 Å². The minimum absolute atomic E-state index is 0.00900. The highest BCUT2D eigenvalue weighted by Crippen LogP contribution is 2.13. The molecule has 0 aliphatic carbocycles. The van der Waals surface area contributed by atoms with Gasteiger partial charge in [0.15, 0.2) is 0 Å². The van der Waals surface area contributed by atoms with E-state index in [-0.39, 0.29) is 12.3 Å². The predicted molar refractivity (Wildman–Crippen MR) is 70.4 cm³/mol. The Hall–Kier alpha value is -1.95. The van der Waals surface area contributed by atoms with E-state index in [2.05, 4.69) is 0 Å². The van der Waals surface area contributed by atoms with Crippen molar-refractivity contribution in [2.45, 2.75) is 38.8 Å². The average molecular weight is 266 g/mol. The Balaban J connectivity index is 2.43. The van der Waals surface area contributed by atoms with Crippen LogP contribution in [-0.2, 0) is 16.1 Å². The van der Waals surface area contributed by atoms with Gasteiger partial charge in [0.25, 0.3) is 5.69 Å². The molecule has 1 aromatic rings. The van der Waals surface area contributed by atoms with Crippen molar-refractivity contribution in [2.75, 3.05) is 0 Å². The van der Waals surface area contributed by atoms with Gasteiger partial charge >= 0.3 is 5.97 Å². The Kier molecular flexibility index (Phi) is 5.95. The first-order chi connectivity index (χ1) is 9.04. The Morgan fingerprint density at radius 3 is 2.58 bits per heavy atom. The number of non-ortho nitro benzene ring substituents is 1. The van der Waals surface area contributed by atoms with Crippen molar-refractivity contribution in [2.24, 2.45) is 5.73 Å². The molecule has 0 saturated carbocycles. The summed E-state index contributed by atoms with van der Waals surface area (Å²) < 4.78 is 5.05. The SMILES string of the molecule is CCCC[C@H](N)C(=O)OCc1ccc([N+](=O)[O-])cc1. The van der Waals surface area contributed by atoms with E-state index in [1.54, 1.807) is 12.1 Å². The number of rotatable bonds is 7. The van der Waals surface area contributed by atoms with Gasteiger partial charge in [-0.2, -0.15) is 0 Å². The number of carbonyl (C=O) groups is 1. The third-order valence-electron chi connectivity index (χ3n) is 2.70. The molecule has 1 aromatic carbocycles. The van der Waals surface area contributed by atoms with Crippen LogP contribution in [0, 0.1) is 10.1 Å². The van der Waals surface area contributed by atoms with E-state index in [9.17, 15) is 14.9 Å². The molecule has 0 fully saturated rings. The standard InChI is InChI=1S/C13H18N2O4/c1-2-3-4-12(14)13(16)19-9-10-5-7-11(8-6-10)15(17)18/h5-8,12H,2-4,9,14H2,1H3/t12-/m0/s1. The maximum absolute atomic E-state index is 11.5. The lowest BCUT2D eigenvalue weighted by atomic mass is 10.1. The first kappa shape index (κ1) is 15.1. The molecule has 1 atom stereocenters. The molecule has 6 heteroatoms. The van der Waals surface area contributed by atoms with Gasteiger partial charge in [0, 0.05) is 12.1 Å². The van der Waals surface area contributed by atoms with Crippen molar-refractivity contribution in [3.05, 3.63) is 39.9 Å². The number of nitro benzene ring substituents is 1. The van der Waals surface area contributed by atoms with Crippen LogP contribution in [0.5, 0.6) is 0 Å². The lowest BCUT2D eigenvalue weighted by Crippen LogP contribution is -2.32. The minimum atomic E-state index is -0.599. The zero-order valence-corrected chi connectivity index (χ0v) is 10.9. The number of nitrogens with two attached hydrogens (primary N) is 1. The van der Waals surface area contributed by atoms with Crippen molar-refractivity contribution in [3.63, 3.8) is 0 Å². The molecule has 104 valence electrons. The molecule has 19 heavy (non-hydrogen) atoms. The highest BCUT2D eigenvalue weighted by molar-refractivity contribution is 5.75. The fourth-order valence-electron chi connectivity index (χ4n) is 1.52. The van der Waals surface area contributed by atoms with Gasteiger partial charge in [-0.15, -0.1) is 0 Å². The molecular formula is C13H18N2O4. The monoisotopic (exact) mass is 266 g/mol. The Morgan fingerprint density at radius 1 is 1.42 bits per heavy atom. The van der Waals surface area contributed by atoms with Crippen LogP contribution in [-0.4, -0.2) is 16.9 Å². The molecule has 0 aliphatic heterocycles. The smallest absolute Gasteiger partial charge is 0.323 e. The van der Waals surface area contributed by atoms with Crippen LogP contribution < -0.4 is 5.73 Å². The summed E-state index contributed by atoms with van der Waals surface area (Å²) in [6.07, 6.45) is 2.47. The molecule has 0 bridgehead atoms.